The van der Waals surface area contributed by atoms with Crippen LogP contribution in [0.4, 0.5) is 13.2 Å². The minimum absolute atomic E-state index is 0.0129. The molecule has 0 spiro atoms. The fourth-order valence-corrected chi connectivity index (χ4v) is 3.87. The van der Waals surface area contributed by atoms with E-state index in [0.29, 0.717) is 12.8 Å². The van der Waals surface area contributed by atoms with Crippen LogP contribution in [0.1, 0.15) is 51.9 Å². The number of furan rings is 1. The van der Waals surface area contributed by atoms with E-state index >= 15 is 0 Å². The average Bonchev–Trinajstić information content (AvgIpc) is 3.47. The highest BCUT2D eigenvalue weighted by Crippen LogP contribution is 2.35. The molecule has 0 N–H and O–H groups in total. The summed E-state index contributed by atoms with van der Waals surface area (Å²) in [6, 6.07) is 16.7. The molecular formula is C26H22F3NO4. The fourth-order valence-electron chi connectivity index (χ4n) is 3.87. The maximum atomic E-state index is 13.6. The van der Waals surface area contributed by atoms with Gasteiger partial charge in [-0.25, -0.2) is 0 Å². The molecule has 0 fully saturated rings. The highest BCUT2D eigenvalue weighted by molar-refractivity contribution is 6.15. The van der Waals surface area contributed by atoms with Gasteiger partial charge in [0, 0.05) is 11.1 Å². The second kappa shape index (κ2) is 9.59. The molecule has 2 heterocycles. The van der Waals surface area contributed by atoms with E-state index in [2.05, 4.69) is 0 Å². The van der Waals surface area contributed by atoms with Crippen molar-refractivity contribution >= 4 is 22.6 Å². The first-order valence-corrected chi connectivity index (χ1v) is 10.8. The van der Waals surface area contributed by atoms with Gasteiger partial charge in [0.05, 0.1) is 17.3 Å². The van der Waals surface area contributed by atoms with Crippen LogP contribution in [0.5, 0.6) is 5.75 Å². The summed E-state index contributed by atoms with van der Waals surface area (Å²) in [7, 11) is 0. The summed E-state index contributed by atoms with van der Waals surface area (Å²) in [6.45, 7) is 2.08. The van der Waals surface area contributed by atoms with Gasteiger partial charge >= 0.3 is 6.18 Å². The van der Waals surface area contributed by atoms with E-state index in [4.69, 9.17) is 9.15 Å². The smallest absolute Gasteiger partial charge is 0.454 e. The Morgan fingerprint density at radius 3 is 2.44 bits per heavy atom. The van der Waals surface area contributed by atoms with Gasteiger partial charge in [-0.05, 0) is 48.7 Å². The van der Waals surface area contributed by atoms with Crippen molar-refractivity contribution in [3.63, 3.8) is 0 Å². The molecule has 2 aromatic heterocycles. The van der Waals surface area contributed by atoms with Crippen LogP contribution in [0.15, 0.2) is 71.3 Å². The summed E-state index contributed by atoms with van der Waals surface area (Å²) in [5, 5.41) is 0.0129. The number of ether oxygens (including phenoxy) is 1. The number of hydrogen-bond donors (Lipinski definition) is 0. The predicted octanol–water partition coefficient (Wildman–Crippen LogP) is 6.59. The zero-order chi connectivity index (χ0) is 24.3. The van der Waals surface area contributed by atoms with Crippen molar-refractivity contribution in [3.8, 4) is 5.75 Å². The van der Waals surface area contributed by atoms with Crippen molar-refractivity contribution < 1.29 is 31.9 Å². The van der Waals surface area contributed by atoms with Crippen LogP contribution in [0.25, 0.3) is 10.9 Å². The Balaban J connectivity index is 1.88. The molecule has 0 atom stereocenters. The van der Waals surface area contributed by atoms with Gasteiger partial charge in [0.1, 0.15) is 12.4 Å². The third kappa shape index (κ3) is 4.62. The molecule has 0 saturated carbocycles. The molecule has 4 rings (SSSR count). The van der Waals surface area contributed by atoms with Crippen molar-refractivity contribution in [1.82, 2.24) is 4.57 Å². The minimum Gasteiger partial charge on any atom is -0.489 e. The van der Waals surface area contributed by atoms with Crippen LogP contribution in [-0.4, -0.2) is 22.4 Å². The number of aromatic nitrogens is 1. The first kappa shape index (κ1) is 23.4. The number of nitrogens with zero attached hydrogens (tertiary/aromatic N) is 1. The number of alkyl halides is 3. The molecule has 8 heteroatoms. The molecule has 0 saturated heterocycles. The average molecular weight is 469 g/mol. The maximum Gasteiger partial charge on any atom is 0.454 e. The van der Waals surface area contributed by atoms with Crippen molar-refractivity contribution in [3.05, 3.63) is 89.5 Å². The molecule has 0 aliphatic rings. The van der Waals surface area contributed by atoms with Gasteiger partial charge in [-0.2, -0.15) is 13.2 Å². The number of carbonyl (C=O) groups excluding carboxylic acids is 2. The van der Waals surface area contributed by atoms with E-state index in [9.17, 15) is 22.8 Å². The van der Waals surface area contributed by atoms with E-state index in [0.717, 1.165) is 10.1 Å². The molecule has 0 amide bonds. The second-order valence-electron chi connectivity index (χ2n) is 7.82. The second-order valence-corrected chi connectivity index (χ2v) is 7.82. The van der Waals surface area contributed by atoms with E-state index in [1.54, 1.807) is 6.07 Å². The SMILES string of the molecule is CCCCc1c(C(=O)C(F)(F)F)c2cc(OCc3ccccc3)ccc2n1C(=O)c1ccco1. The number of carbonyl (C=O) groups is 2. The number of hydrogen-bond acceptors (Lipinski definition) is 4. The molecule has 0 aliphatic heterocycles. The summed E-state index contributed by atoms with van der Waals surface area (Å²) >= 11 is 0. The molecule has 0 aliphatic carbocycles. The molecule has 176 valence electrons. The lowest BCUT2D eigenvalue weighted by atomic mass is 10.0. The topological polar surface area (TPSA) is 61.4 Å². The number of ketones is 1. The number of halogens is 3. The number of Topliss-reactive ketones (excluding diaryl/α,β-unsaturated/α-hetero) is 1. The third-order valence-corrected chi connectivity index (χ3v) is 5.47. The minimum atomic E-state index is -5.10. The lowest BCUT2D eigenvalue weighted by Crippen LogP contribution is -2.25. The maximum absolute atomic E-state index is 13.6. The number of benzene rings is 2. The van der Waals surface area contributed by atoms with Gasteiger partial charge in [-0.3, -0.25) is 14.2 Å². The standard InChI is InChI=1S/C26H22F3NO4/c1-2-3-10-21-23(24(31)26(27,28)29)19-15-18(34-16-17-8-5-4-6-9-17)12-13-20(19)30(21)25(32)22-11-7-14-33-22/h4-9,11-15H,2-3,10,16H2,1H3. The van der Waals surface area contributed by atoms with Crippen molar-refractivity contribution in [2.45, 2.75) is 39.0 Å². The van der Waals surface area contributed by atoms with Crippen LogP contribution in [0.3, 0.4) is 0 Å². The number of fused-ring (bicyclic) bond motifs is 1. The molecule has 2 aromatic carbocycles. The monoisotopic (exact) mass is 469 g/mol. The van der Waals surface area contributed by atoms with Crippen LogP contribution in [0.2, 0.25) is 0 Å². The van der Waals surface area contributed by atoms with E-state index in [1.165, 1.54) is 30.5 Å². The Morgan fingerprint density at radius 2 is 1.79 bits per heavy atom. The van der Waals surface area contributed by atoms with Crippen molar-refractivity contribution in [1.29, 1.82) is 0 Å². The first-order valence-electron chi connectivity index (χ1n) is 10.8. The van der Waals surface area contributed by atoms with Gasteiger partial charge < -0.3 is 9.15 Å². The van der Waals surface area contributed by atoms with E-state index < -0.39 is 23.4 Å². The largest absolute Gasteiger partial charge is 0.489 e. The number of unbranched alkanes of at least 4 members (excludes halogenated alkanes) is 1. The first-order chi connectivity index (χ1) is 16.3. The third-order valence-electron chi connectivity index (χ3n) is 5.47. The zero-order valence-electron chi connectivity index (χ0n) is 18.4. The summed E-state index contributed by atoms with van der Waals surface area (Å²) in [6.07, 6.45) is -2.51. The normalized spacial score (nSPS) is 11.6. The Morgan fingerprint density at radius 1 is 1.03 bits per heavy atom. The highest BCUT2D eigenvalue weighted by atomic mass is 19.4. The molecule has 34 heavy (non-hydrogen) atoms. The van der Waals surface area contributed by atoms with Gasteiger partial charge in [-0.1, -0.05) is 43.7 Å². The van der Waals surface area contributed by atoms with Crippen LogP contribution in [0, 0.1) is 0 Å². The van der Waals surface area contributed by atoms with Crippen molar-refractivity contribution in [2.24, 2.45) is 0 Å². The van der Waals surface area contributed by atoms with Crippen molar-refractivity contribution in [2.75, 3.05) is 0 Å². The quantitative estimate of drug-likeness (QED) is 0.273. The lowest BCUT2D eigenvalue weighted by Gasteiger charge is -2.10. The van der Waals surface area contributed by atoms with Gasteiger partial charge in [0.2, 0.25) is 0 Å². The molecule has 0 bridgehead atoms. The Labute approximate surface area is 193 Å². The fraction of sp³-hybridized carbons (Fsp3) is 0.231. The summed E-state index contributed by atoms with van der Waals surface area (Å²) in [5.41, 5.74) is 0.553. The molecule has 5 nitrogen and oxygen atoms in total. The predicted molar refractivity (Wildman–Crippen MR) is 120 cm³/mol. The highest BCUT2D eigenvalue weighted by Gasteiger charge is 2.43. The molecule has 0 unspecified atom stereocenters. The van der Waals surface area contributed by atoms with Gasteiger partial charge in [-0.15, -0.1) is 0 Å². The Kier molecular flexibility index (Phi) is 6.58. The zero-order valence-corrected chi connectivity index (χ0v) is 18.4. The van der Waals surface area contributed by atoms with Gasteiger partial charge in [0.15, 0.2) is 5.76 Å². The Hall–Kier alpha value is -3.81. The van der Waals surface area contributed by atoms with Gasteiger partial charge in [0.25, 0.3) is 11.7 Å². The summed E-state index contributed by atoms with van der Waals surface area (Å²) in [4.78, 5) is 25.8. The molecule has 4 aromatic rings. The molecular weight excluding hydrogens is 447 g/mol. The lowest BCUT2D eigenvalue weighted by molar-refractivity contribution is -0.0884. The van der Waals surface area contributed by atoms with Crippen LogP contribution in [-0.2, 0) is 13.0 Å². The van der Waals surface area contributed by atoms with E-state index in [-0.39, 0.29) is 41.1 Å². The van der Waals surface area contributed by atoms with Crippen LogP contribution < -0.4 is 4.74 Å². The molecule has 0 radical (unpaired) electrons. The number of rotatable bonds is 8. The summed E-state index contributed by atoms with van der Waals surface area (Å²) < 4.78 is 53.0. The van der Waals surface area contributed by atoms with Crippen LogP contribution >= 0.6 is 0 Å². The Bertz CT molecular complexity index is 1310. The van der Waals surface area contributed by atoms with E-state index in [1.807, 2.05) is 37.3 Å². The summed E-state index contributed by atoms with van der Waals surface area (Å²) in [5.74, 6) is -2.38.